The molecule has 1 rings (SSSR count). The average molecular weight is 180 g/mol. The van der Waals surface area contributed by atoms with Gasteiger partial charge in [-0.3, -0.25) is 0 Å². The first-order chi connectivity index (χ1) is 6.13. The Bertz CT molecular complexity index is 279. The van der Waals surface area contributed by atoms with Crippen LogP contribution in [0.25, 0.3) is 0 Å². The number of methoxy groups -OCH3 is 1. The molecule has 0 aliphatic carbocycles. The van der Waals surface area contributed by atoms with Crippen molar-refractivity contribution in [3.05, 3.63) is 29.3 Å². The minimum atomic E-state index is -0.299. The Morgan fingerprint density at radius 2 is 2.15 bits per heavy atom. The summed E-state index contributed by atoms with van der Waals surface area (Å²) in [5, 5.41) is 9.20. The van der Waals surface area contributed by atoms with Crippen molar-refractivity contribution in [1.82, 2.24) is 0 Å². The lowest BCUT2D eigenvalue weighted by Crippen LogP contribution is -2.04. The third-order valence-electron chi connectivity index (χ3n) is 2.00. The van der Waals surface area contributed by atoms with Gasteiger partial charge in [-0.15, -0.1) is 0 Å². The molecule has 0 radical (unpaired) electrons. The topological polar surface area (TPSA) is 29.5 Å². The van der Waals surface area contributed by atoms with Crippen LogP contribution in [0.15, 0.2) is 18.2 Å². The van der Waals surface area contributed by atoms with Crippen LogP contribution in [0.3, 0.4) is 0 Å². The van der Waals surface area contributed by atoms with E-state index in [9.17, 15) is 5.11 Å². The molecular formula is C11H16O2. The van der Waals surface area contributed by atoms with Gasteiger partial charge < -0.3 is 9.84 Å². The average Bonchev–Trinajstić information content (AvgIpc) is 2.07. The summed E-state index contributed by atoms with van der Waals surface area (Å²) in [6.07, 6.45) is 0.379. The van der Waals surface area contributed by atoms with E-state index < -0.39 is 0 Å². The first-order valence-electron chi connectivity index (χ1n) is 4.45. The molecule has 2 nitrogen and oxygen atoms in total. The molecule has 1 aromatic rings. The van der Waals surface area contributed by atoms with E-state index in [1.54, 1.807) is 14.0 Å². The molecule has 72 valence electrons. The number of rotatable bonds is 3. The quantitative estimate of drug-likeness (QED) is 0.770. The molecule has 0 saturated heterocycles. The second-order valence-electron chi connectivity index (χ2n) is 3.36. The van der Waals surface area contributed by atoms with Crippen LogP contribution in [-0.2, 0) is 6.42 Å². The number of ether oxygens (including phenoxy) is 1. The summed E-state index contributed by atoms with van der Waals surface area (Å²) in [6.45, 7) is 3.79. The van der Waals surface area contributed by atoms with Crippen molar-refractivity contribution in [2.45, 2.75) is 26.4 Å². The molecule has 2 heteroatoms. The van der Waals surface area contributed by atoms with Crippen LogP contribution in [-0.4, -0.2) is 18.3 Å². The molecule has 0 amide bonds. The summed E-state index contributed by atoms with van der Waals surface area (Å²) in [6, 6.07) is 6.00. The highest BCUT2D eigenvalue weighted by Crippen LogP contribution is 2.19. The Balaban J connectivity index is 2.86. The maximum Gasteiger partial charge on any atom is 0.122 e. The van der Waals surface area contributed by atoms with Crippen LogP contribution < -0.4 is 4.74 Å². The molecule has 0 bridgehead atoms. The number of aliphatic hydroxyl groups is 1. The zero-order chi connectivity index (χ0) is 9.84. The lowest BCUT2D eigenvalue weighted by Gasteiger charge is -2.08. The molecule has 1 atom stereocenters. The molecule has 0 fully saturated rings. The molecule has 1 aromatic carbocycles. The summed E-state index contributed by atoms with van der Waals surface area (Å²) in [5.74, 6) is 0.887. The highest BCUT2D eigenvalue weighted by molar-refractivity contribution is 5.36. The van der Waals surface area contributed by atoms with Crippen molar-refractivity contribution in [3.63, 3.8) is 0 Å². The molecule has 0 spiro atoms. The van der Waals surface area contributed by atoms with Gasteiger partial charge in [0.2, 0.25) is 0 Å². The van der Waals surface area contributed by atoms with Gasteiger partial charge in [0.1, 0.15) is 5.75 Å². The van der Waals surface area contributed by atoms with Gasteiger partial charge in [-0.25, -0.2) is 0 Å². The van der Waals surface area contributed by atoms with Crippen molar-refractivity contribution in [2.75, 3.05) is 7.11 Å². The van der Waals surface area contributed by atoms with Crippen molar-refractivity contribution < 1.29 is 9.84 Å². The van der Waals surface area contributed by atoms with E-state index in [4.69, 9.17) is 4.74 Å². The maximum atomic E-state index is 9.20. The van der Waals surface area contributed by atoms with Crippen LogP contribution in [0.1, 0.15) is 18.1 Å². The molecule has 13 heavy (non-hydrogen) atoms. The lowest BCUT2D eigenvalue weighted by molar-refractivity contribution is 0.195. The zero-order valence-corrected chi connectivity index (χ0v) is 8.37. The minimum Gasteiger partial charge on any atom is -0.496 e. The van der Waals surface area contributed by atoms with Gasteiger partial charge in [-0.05, 0) is 37.5 Å². The fourth-order valence-corrected chi connectivity index (χ4v) is 1.33. The van der Waals surface area contributed by atoms with E-state index in [0.717, 1.165) is 16.9 Å². The van der Waals surface area contributed by atoms with Gasteiger partial charge in [0.25, 0.3) is 0 Å². The summed E-state index contributed by atoms with van der Waals surface area (Å²) < 4.78 is 5.19. The third kappa shape index (κ3) is 2.74. The minimum absolute atomic E-state index is 0.299. The Morgan fingerprint density at radius 3 is 2.69 bits per heavy atom. The first-order valence-corrected chi connectivity index (χ1v) is 4.45. The molecule has 0 aliphatic rings. The highest BCUT2D eigenvalue weighted by Gasteiger charge is 2.02. The van der Waals surface area contributed by atoms with Gasteiger partial charge in [0.05, 0.1) is 13.2 Å². The second-order valence-corrected chi connectivity index (χ2v) is 3.36. The van der Waals surface area contributed by atoms with Crippen LogP contribution in [0.2, 0.25) is 0 Å². The Morgan fingerprint density at radius 1 is 1.46 bits per heavy atom. The van der Waals surface area contributed by atoms with Gasteiger partial charge in [-0.2, -0.15) is 0 Å². The summed E-state index contributed by atoms with van der Waals surface area (Å²) >= 11 is 0. The smallest absolute Gasteiger partial charge is 0.122 e. The SMILES string of the molecule is COc1cc(CC(C)O)ccc1C. The van der Waals surface area contributed by atoms with E-state index >= 15 is 0 Å². The lowest BCUT2D eigenvalue weighted by atomic mass is 10.1. The highest BCUT2D eigenvalue weighted by atomic mass is 16.5. The van der Waals surface area contributed by atoms with E-state index in [0.29, 0.717) is 6.42 Å². The van der Waals surface area contributed by atoms with Crippen molar-refractivity contribution >= 4 is 0 Å². The van der Waals surface area contributed by atoms with Crippen LogP contribution >= 0.6 is 0 Å². The Kier molecular flexibility index (Phi) is 3.32. The number of aryl methyl sites for hydroxylation is 1. The Labute approximate surface area is 79.2 Å². The van der Waals surface area contributed by atoms with Crippen LogP contribution in [0.5, 0.6) is 5.75 Å². The Hall–Kier alpha value is -1.02. The number of hydrogen-bond acceptors (Lipinski definition) is 2. The monoisotopic (exact) mass is 180 g/mol. The first kappa shape index (κ1) is 10.1. The van der Waals surface area contributed by atoms with Gasteiger partial charge in [0, 0.05) is 0 Å². The predicted octanol–water partition coefficient (Wildman–Crippen LogP) is 1.93. The summed E-state index contributed by atoms with van der Waals surface area (Å²) in [5.41, 5.74) is 2.23. The number of hydrogen-bond donors (Lipinski definition) is 1. The number of aliphatic hydroxyl groups excluding tert-OH is 1. The van der Waals surface area contributed by atoms with E-state index in [-0.39, 0.29) is 6.10 Å². The zero-order valence-electron chi connectivity index (χ0n) is 8.37. The van der Waals surface area contributed by atoms with Crippen LogP contribution in [0, 0.1) is 6.92 Å². The predicted molar refractivity (Wildman–Crippen MR) is 53.1 cm³/mol. The summed E-state index contributed by atoms with van der Waals surface area (Å²) in [7, 11) is 1.66. The molecule has 0 aromatic heterocycles. The number of benzene rings is 1. The van der Waals surface area contributed by atoms with Gasteiger partial charge >= 0.3 is 0 Å². The largest absolute Gasteiger partial charge is 0.496 e. The molecule has 1 unspecified atom stereocenters. The standard InChI is InChI=1S/C11H16O2/c1-8-4-5-10(6-9(2)12)7-11(8)13-3/h4-5,7,9,12H,6H2,1-3H3. The summed E-state index contributed by atoms with van der Waals surface area (Å²) in [4.78, 5) is 0. The van der Waals surface area contributed by atoms with Crippen molar-refractivity contribution in [1.29, 1.82) is 0 Å². The van der Waals surface area contributed by atoms with Crippen LogP contribution in [0.4, 0.5) is 0 Å². The van der Waals surface area contributed by atoms with E-state index in [1.807, 2.05) is 25.1 Å². The van der Waals surface area contributed by atoms with E-state index in [1.165, 1.54) is 0 Å². The molecule has 0 saturated carbocycles. The molecular weight excluding hydrogens is 164 g/mol. The van der Waals surface area contributed by atoms with Crippen molar-refractivity contribution in [2.24, 2.45) is 0 Å². The normalized spacial score (nSPS) is 12.6. The fourth-order valence-electron chi connectivity index (χ4n) is 1.33. The van der Waals surface area contributed by atoms with Crippen molar-refractivity contribution in [3.8, 4) is 5.75 Å². The fraction of sp³-hybridized carbons (Fsp3) is 0.455. The van der Waals surface area contributed by atoms with Gasteiger partial charge in [0.15, 0.2) is 0 Å². The maximum absolute atomic E-state index is 9.20. The second kappa shape index (κ2) is 4.28. The van der Waals surface area contributed by atoms with E-state index in [2.05, 4.69) is 0 Å². The molecule has 1 N–H and O–H groups in total. The van der Waals surface area contributed by atoms with Gasteiger partial charge in [-0.1, -0.05) is 12.1 Å². The molecule has 0 heterocycles. The molecule has 0 aliphatic heterocycles. The third-order valence-corrected chi connectivity index (χ3v) is 2.00.